The number of benzene rings is 3. The number of aromatic amines is 1. The summed E-state index contributed by atoms with van der Waals surface area (Å²) in [5.74, 6) is -0.418. The quantitative estimate of drug-likeness (QED) is 0.242. The number of rotatable bonds is 6. The monoisotopic (exact) mass is 503 g/mol. The van der Waals surface area contributed by atoms with E-state index >= 15 is 0 Å². The molecule has 0 saturated carbocycles. The number of anilines is 2. The topological polar surface area (TPSA) is 65.2 Å². The van der Waals surface area contributed by atoms with Gasteiger partial charge in [-0.2, -0.15) is 13.2 Å². The Labute approximate surface area is 211 Å². The lowest BCUT2D eigenvalue weighted by Crippen LogP contribution is -2.10. The number of allylic oxidation sites excluding steroid dienone is 2. The maximum absolute atomic E-state index is 13.1. The first-order chi connectivity index (χ1) is 17.6. The zero-order valence-corrected chi connectivity index (χ0v) is 20.1. The lowest BCUT2D eigenvalue weighted by molar-refractivity contribution is -0.137. The average Bonchev–Trinajstić information content (AvgIpc) is 2.87. The van der Waals surface area contributed by atoms with Gasteiger partial charge >= 0.3 is 6.18 Å². The molecule has 4 aromatic rings. The molecule has 0 fully saturated rings. The Morgan fingerprint density at radius 3 is 2.16 bits per heavy atom. The van der Waals surface area contributed by atoms with Gasteiger partial charge in [0.1, 0.15) is 0 Å². The molecule has 0 aliphatic heterocycles. The van der Waals surface area contributed by atoms with Gasteiger partial charge in [0.2, 0.25) is 5.91 Å². The zero-order valence-electron chi connectivity index (χ0n) is 20.1. The number of H-pyrrole nitrogens is 1. The zero-order chi connectivity index (χ0) is 26.6. The Morgan fingerprint density at radius 2 is 1.54 bits per heavy atom. The number of hydrogen-bond acceptors (Lipinski definition) is 3. The molecule has 0 aliphatic carbocycles. The second-order valence-corrected chi connectivity index (χ2v) is 8.52. The van der Waals surface area contributed by atoms with Crippen molar-refractivity contribution in [3.8, 4) is 0 Å². The largest absolute Gasteiger partial charge is 0.416 e. The molecule has 0 bridgehead atoms. The highest BCUT2D eigenvalue weighted by Crippen LogP contribution is 2.32. The second kappa shape index (κ2) is 10.6. The highest BCUT2D eigenvalue weighted by molar-refractivity contribution is 6.06. The van der Waals surface area contributed by atoms with E-state index in [-0.39, 0.29) is 5.56 Å². The Morgan fingerprint density at radius 1 is 0.892 bits per heavy atom. The van der Waals surface area contributed by atoms with Gasteiger partial charge in [-0.15, -0.1) is 0 Å². The van der Waals surface area contributed by atoms with Crippen molar-refractivity contribution in [3.05, 3.63) is 124 Å². The molecular formula is C29H24F3N3O2. The third kappa shape index (κ3) is 5.98. The normalized spacial score (nSPS) is 12.2. The molecule has 37 heavy (non-hydrogen) atoms. The maximum Gasteiger partial charge on any atom is 0.416 e. The van der Waals surface area contributed by atoms with E-state index in [0.29, 0.717) is 27.6 Å². The number of hydrogen-bond donors (Lipinski definition) is 2. The Kier molecular flexibility index (Phi) is 7.29. The van der Waals surface area contributed by atoms with E-state index in [1.165, 1.54) is 24.4 Å². The molecule has 1 amide bonds. The number of pyridine rings is 1. The summed E-state index contributed by atoms with van der Waals surface area (Å²) in [6.45, 7) is 0. The molecule has 0 spiro atoms. The van der Waals surface area contributed by atoms with Gasteiger partial charge in [-0.25, -0.2) is 0 Å². The SMILES string of the molecule is CN(C)c1ccc(C(=CC=CC(=O)Nc2cccc3c(=O)[nH]ccc23)c2ccc(C(F)(F)F)cc2)cc1. The van der Waals surface area contributed by atoms with Crippen LogP contribution in [-0.4, -0.2) is 25.0 Å². The lowest BCUT2D eigenvalue weighted by atomic mass is 9.96. The van der Waals surface area contributed by atoms with Crippen LogP contribution in [0.1, 0.15) is 16.7 Å². The Bertz CT molecular complexity index is 1530. The van der Waals surface area contributed by atoms with Crippen LogP contribution in [0.5, 0.6) is 0 Å². The van der Waals surface area contributed by atoms with Crippen molar-refractivity contribution in [2.45, 2.75) is 6.18 Å². The maximum atomic E-state index is 13.1. The molecule has 0 aliphatic rings. The molecule has 1 aromatic heterocycles. The Balaban J connectivity index is 1.63. The van der Waals surface area contributed by atoms with Gasteiger partial charge in [0.15, 0.2) is 0 Å². The van der Waals surface area contributed by atoms with Crippen molar-refractivity contribution in [2.75, 3.05) is 24.3 Å². The molecule has 3 aromatic carbocycles. The van der Waals surface area contributed by atoms with Gasteiger partial charge in [0.25, 0.3) is 5.56 Å². The number of halogens is 3. The van der Waals surface area contributed by atoms with Crippen molar-refractivity contribution >= 4 is 33.6 Å². The number of carbonyl (C=O) groups excluding carboxylic acids is 1. The fourth-order valence-electron chi connectivity index (χ4n) is 3.87. The minimum atomic E-state index is -4.43. The molecule has 0 atom stereocenters. The van der Waals surface area contributed by atoms with Crippen LogP contribution < -0.4 is 15.8 Å². The van der Waals surface area contributed by atoms with E-state index in [2.05, 4.69) is 10.3 Å². The van der Waals surface area contributed by atoms with E-state index < -0.39 is 17.6 Å². The molecule has 0 unspecified atom stereocenters. The van der Waals surface area contributed by atoms with Crippen LogP contribution in [0.3, 0.4) is 0 Å². The van der Waals surface area contributed by atoms with Gasteiger partial charge in [0.05, 0.1) is 5.56 Å². The number of fused-ring (bicyclic) bond motifs is 1. The number of aromatic nitrogens is 1. The van der Waals surface area contributed by atoms with Crippen LogP contribution in [0.15, 0.2) is 102 Å². The van der Waals surface area contributed by atoms with Crippen molar-refractivity contribution in [1.29, 1.82) is 0 Å². The van der Waals surface area contributed by atoms with Crippen molar-refractivity contribution in [2.24, 2.45) is 0 Å². The minimum absolute atomic E-state index is 0.256. The van der Waals surface area contributed by atoms with Crippen molar-refractivity contribution in [3.63, 3.8) is 0 Å². The molecule has 2 N–H and O–H groups in total. The highest BCUT2D eigenvalue weighted by Gasteiger charge is 2.30. The van der Waals surface area contributed by atoms with Gasteiger partial charge < -0.3 is 15.2 Å². The summed E-state index contributed by atoms with van der Waals surface area (Å²) >= 11 is 0. The van der Waals surface area contributed by atoms with Crippen molar-refractivity contribution in [1.82, 2.24) is 4.98 Å². The fraction of sp³-hybridized carbons (Fsp3) is 0.103. The molecule has 5 nitrogen and oxygen atoms in total. The van der Waals surface area contributed by atoms with Crippen LogP contribution >= 0.6 is 0 Å². The second-order valence-electron chi connectivity index (χ2n) is 8.52. The molecule has 188 valence electrons. The van der Waals surface area contributed by atoms with Crippen LogP contribution in [0.2, 0.25) is 0 Å². The summed E-state index contributed by atoms with van der Waals surface area (Å²) in [5, 5.41) is 3.83. The van der Waals surface area contributed by atoms with E-state index in [4.69, 9.17) is 0 Å². The fourth-order valence-corrected chi connectivity index (χ4v) is 3.87. The lowest BCUT2D eigenvalue weighted by Gasteiger charge is -2.14. The first-order valence-electron chi connectivity index (χ1n) is 11.4. The predicted octanol–water partition coefficient (Wildman–Crippen LogP) is 6.24. The molecule has 1 heterocycles. The van der Waals surface area contributed by atoms with E-state index in [1.807, 2.05) is 43.3 Å². The van der Waals surface area contributed by atoms with Gasteiger partial charge in [0, 0.05) is 48.5 Å². The van der Waals surface area contributed by atoms with Crippen LogP contribution in [0.25, 0.3) is 16.3 Å². The van der Waals surface area contributed by atoms with Crippen LogP contribution in [0, 0.1) is 0 Å². The van der Waals surface area contributed by atoms with Gasteiger partial charge in [-0.05, 0) is 59.2 Å². The summed E-state index contributed by atoms with van der Waals surface area (Å²) in [6, 6.07) is 19.2. The summed E-state index contributed by atoms with van der Waals surface area (Å²) in [4.78, 5) is 29.2. The third-order valence-corrected chi connectivity index (χ3v) is 5.80. The van der Waals surface area contributed by atoms with E-state index in [9.17, 15) is 22.8 Å². The first kappa shape index (κ1) is 25.5. The Hall–Kier alpha value is -4.59. The number of carbonyl (C=O) groups is 1. The summed E-state index contributed by atoms with van der Waals surface area (Å²) < 4.78 is 39.2. The van der Waals surface area contributed by atoms with Crippen molar-refractivity contribution < 1.29 is 18.0 Å². The number of nitrogens with one attached hydrogen (secondary N) is 2. The third-order valence-electron chi connectivity index (χ3n) is 5.80. The van der Waals surface area contributed by atoms with Crippen LogP contribution in [0.4, 0.5) is 24.5 Å². The summed E-state index contributed by atoms with van der Waals surface area (Å²) in [7, 11) is 3.82. The smallest absolute Gasteiger partial charge is 0.378 e. The van der Waals surface area contributed by atoms with E-state index in [0.717, 1.165) is 23.4 Å². The summed E-state index contributed by atoms with van der Waals surface area (Å²) in [6.07, 6.45) is 1.63. The highest BCUT2D eigenvalue weighted by atomic mass is 19.4. The van der Waals surface area contributed by atoms with Gasteiger partial charge in [-0.3, -0.25) is 9.59 Å². The van der Waals surface area contributed by atoms with Crippen LogP contribution in [-0.2, 0) is 11.0 Å². The van der Waals surface area contributed by atoms with Gasteiger partial charge in [-0.1, -0.05) is 42.5 Å². The average molecular weight is 504 g/mol. The predicted molar refractivity (Wildman–Crippen MR) is 142 cm³/mol. The summed E-state index contributed by atoms with van der Waals surface area (Å²) in [5.41, 5.74) is 2.48. The molecule has 0 radical (unpaired) electrons. The first-order valence-corrected chi connectivity index (χ1v) is 11.4. The number of amides is 1. The molecule has 0 saturated heterocycles. The minimum Gasteiger partial charge on any atom is -0.378 e. The standard InChI is InChI=1S/C29H24F3N3O2/c1-35(2)22-15-11-20(12-16-22)23(19-9-13-21(14-10-19)29(30,31)32)5-4-8-27(36)34-26-7-3-6-25-24(26)17-18-33-28(25)37/h3-18H,1-2H3,(H,33,37)(H,34,36). The van der Waals surface area contributed by atoms with E-state index in [1.54, 1.807) is 36.4 Å². The number of nitrogens with zero attached hydrogens (tertiary/aromatic N) is 1. The number of alkyl halides is 3. The molecular weight excluding hydrogens is 479 g/mol. The molecule has 4 rings (SSSR count). The molecule has 8 heteroatoms.